The molecule has 0 spiro atoms. The van der Waals surface area contributed by atoms with Gasteiger partial charge < -0.3 is 5.32 Å². The molecule has 0 bridgehead atoms. The molecule has 1 amide bonds. The molecule has 160 valence electrons. The molecule has 2 aliphatic rings. The van der Waals surface area contributed by atoms with Crippen LogP contribution in [0.5, 0.6) is 0 Å². The van der Waals surface area contributed by atoms with Crippen LogP contribution in [0.15, 0.2) is 48.5 Å². The van der Waals surface area contributed by atoms with Gasteiger partial charge in [0.1, 0.15) is 0 Å². The molecular formula is C23H29N3O3S. The van der Waals surface area contributed by atoms with E-state index in [0.717, 1.165) is 25.2 Å². The Morgan fingerprint density at radius 2 is 1.57 bits per heavy atom. The standard InChI is InChI=1S/C23H29N3O3S/c27-23(19-9-11-22(12-10-19)26-15-6-16-30(26,28)29)24-17-20-7-2-3-8-21(20)18-25-13-4-1-5-14-25/h2-3,7-12H,1,4-6,13-18H2,(H,24,27). The van der Waals surface area contributed by atoms with Crippen LogP contribution in [0.3, 0.4) is 0 Å². The fraction of sp³-hybridized carbons (Fsp3) is 0.435. The topological polar surface area (TPSA) is 69.7 Å². The van der Waals surface area contributed by atoms with Crippen LogP contribution in [0.2, 0.25) is 0 Å². The highest BCUT2D eigenvalue weighted by molar-refractivity contribution is 7.93. The van der Waals surface area contributed by atoms with Gasteiger partial charge in [-0.25, -0.2) is 8.42 Å². The highest BCUT2D eigenvalue weighted by Crippen LogP contribution is 2.24. The number of carbonyl (C=O) groups is 1. The minimum absolute atomic E-state index is 0.154. The predicted octanol–water partition coefficient (Wildman–Crippen LogP) is 3.14. The van der Waals surface area contributed by atoms with Crippen LogP contribution in [0.4, 0.5) is 5.69 Å². The zero-order valence-corrected chi connectivity index (χ0v) is 18.0. The largest absolute Gasteiger partial charge is 0.348 e. The number of amides is 1. The van der Waals surface area contributed by atoms with Crippen molar-refractivity contribution in [2.24, 2.45) is 0 Å². The zero-order chi connectivity index (χ0) is 21.0. The van der Waals surface area contributed by atoms with E-state index in [1.807, 2.05) is 6.07 Å². The van der Waals surface area contributed by atoms with Crippen molar-refractivity contribution in [1.29, 1.82) is 0 Å². The molecule has 2 fully saturated rings. The average molecular weight is 428 g/mol. The Labute approximate surface area is 178 Å². The molecule has 4 rings (SSSR count). The molecule has 0 saturated carbocycles. The summed E-state index contributed by atoms with van der Waals surface area (Å²) < 4.78 is 25.5. The van der Waals surface area contributed by atoms with Gasteiger partial charge in [-0.3, -0.25) is 14.0 Å². The second-order valence-electron chi connectivity index (χ2n) is 8.08. The summed E-state index contributed by atoms with van der Waals surface area (Å²) in [4.78, 5) is 15.1. The van der Waals surface area contributed by atoms with Gasteiger partial charge in [-0.1, -0.05) is 30.7 Å². The van der Waals surface area contributed by atoms with Crippen LogP contribution in [-0.2, 0) is 23.1 Å². The second kappa shape index (κ2) is 9.18. The first-order chi connectivity index (χ1) is 14.5. The fourth-order valence-corrected chi connectivity index (χ4v) is 5.79. The first-order valence-electron chi connectivity index (χ1n) is 10.7. The van der Waals surface area contributed by atoms with Crippen molar-refractivity contribution in [3.05, 3.63) is 65.2 Å². The maximum absolute atomic E-state index is 12.6. The van der Waals surface area contributed by atoms with E-state index in [2.05, 4.69) is 28.4 Å². The molecule has 2 aliphatic heterocycles. The smallest absolute Gasteiger partial charge is 0.251 e. The van der Waals surface area contributed by atoms with E-state index in [-0.39, 0.29) is 11.7 Å². The molecule has 1 N–H and O–H groups in total. The molecule has 2 saturated heterocycles. The van der Waals surface area contributed by atoms with Gasteiger partial charge in [-0.2, -0.15) is 0 Å². The Kier molecular flexibility index (Phi) is 6.39. The van der Waals surface area contributed by atoms with Crippen molar-refractivity contribution in [1.82, 2.24) is 10.2 Å². The van der Waals surface area contributed by atoms with E-state index in [4.69, 9.17) is 0 Å². The third-order valence-corrected chi connectivity index (χ3v) is 7.79. The predicted molar refractivity (Wildman–Crippen MR) is 119 cm³/mol. The Bertz CT molecular complexity index is 983. The Morgan fingerprint density at radius 1 is 0.867 bits per heavy atom. The molecule has 0 atom stereocenters. The molecule has 2 aromatic carbocycles. The quantitative estimate of drug-likeness (QED) is 0.769. The van der Waals surface area contributed by atoms with Crippen molar-refractivity contribution >= 4 is 21.6 Å². The molecule has 0 unspecified atom stereocenters. The molecule has 2 heterocycles. The molecule has 2 aromatic rings. The van der Waals surface area contributed by atoms with Gasteiger partial charge in [-0.15, -0.1) is 0 Å². The fourth-order valence-electron chi connectivity index (χ4n) is 4.23. The van der Waals surface area contributed by atoms with Gasteiger partial charge in [0.25, 0.3) is 5.91 Å². The van der Waals surface area contributed by atoms with Crippen LogP contribution in [-0.4, -0.2) is 44.6 Å². The number of hydrogen-bond acceptors (Lipinski definition) is 4. The average Bonchev–Trinajstić information content (AvgIpc) is 3.12. The van der Waals surface area contributed by atoms with Gasteiger partial charge in [-0.05, 0) is 67.7 Å². The summed E-state index contributed by atoms with van der Waals surface area (Å²) in [6, 6.07) is 15.1. The third-order valence-electron chi connectivity index (χ3n) is 5.92. The van der Waals surface area contributed by atoms with Crippen LogP contribution in [0.1, 0.15) is 47.2 Å². The molecule has 7 heteroatoms. The first kappa shape index (κ1) is 20.9. The van der Waals surface area contributed by atoms with Gasteiger partial charge in [0, 0.05) is 25.2 Å². The number of piperidine rings is 1. The lowest BCUT2D eigenvalue weighted by Gasteiger charge is -2.27. The minimum atomic E-state index is -3.21. The summed E-state index contributed by atoms with van der Waals surface area (Å²) in [6.07, 6.45) is 4.47. The zero-order valence-electron chi connectivity index (χ0n) is 17.2. The van der Waals surface area contributed by atoms with Gasteiger partial charge in [0.2, 0.25) is 10.0 Å². The summed E-state index contributed by atoms with van der Waals surface area (Å²) in [6.45, 7) is 4.18. The Hall–Kier alpha value is -2.38. The summed E-state index contributed by atoms with van der Waals surface area (Å²) >= 11 is 0. The van der Waals surface area contributed by atoms with E-state index < -0.39 is 10.0 Å². The Morgan fingerprint density at radius 3 is 2.23 bits per heavy atom. The monoisotopic (exact) mass is 427 g/mol. The van der Waals surface area contributed by atoms with E-state index >= 15 is 0 Å². The third kappa shape index (κ3) is 4.84. The normalized spacial score (nSPS) is 19.0. The number of hydrogen-bond donors (Lipinski definition) is 1. The summed E-state index contributed by atoms with van der Waals surface area (Å²) in [5.74, 6) is 0.0325. The number of likely N-dealkylation sites (tertiary alicyclic amines) is 1. The molecular weight excluding hydrogens is 398 g/mol. The molecule has 0 radical (unpaired) electrons. The van der Waals surface area contributed by atoms with Crippen molar-refractivity contribution in [2.75, 3.05) is 29.7 Å². The van der Waals surface area contributed by atoms with Crippen LogP contribution in [0, 0.1) is 0 Å². The van der Waals surface area contributed by atoms with Crippen LogP contribution >= 0.6 is 0 Å². The number of rotatable bonds is 6. The van der Waals surface area contributed by atoms with E-state index in [1.165, 1.54) is 29.1 Å². The van der Waals surface area contributed by atoms with Crippen molar-refractivity contribution in [3.8, 4) is 0 Å². The lowest BCUT2D eigenvalue weighted by atomic mass is 10.0. The second-order valence-corrected chi connectivity index (χ2v) is 10.1. The van der Waals surface area contributed by atoms with Gasteiger partial charge in [0.05, 0.1) is 11.4 Å². The van der Waals surface area contributed by atoms with Crippen molar-refractivity contribution in [3.63, 3.8) is 0 Å². The molecule has 30 heavy (non-hydrogen) atoms. The number of carbonyl (C=O) groups excluding carboxylic acids is 1. The van der Waals surface area contributed by atoms with Crippen LogP contribution in [0.25, 0.3) is 0 Å². The SMILES string of the molecule is O=C(NCc1ccccc1CN1CCCCC1)c1ccc(N2CCCS2(=O)=O)cc1. The number of anilines is 1. The van der Waals surface area contributed by atoms with Crippen molar-refractivity contribution < 1.29 is 13.2 Å². The van der Waals surface area contributed by atoms with E-state index in [9.17, 15) is 13.2 Å². The highest BCUT2D eigenvalue weighted by atomic mass is 32.2. The van der Waals surface area contributed by atoms with E-state index in [1.54, 1.807) is 24.3 Å². The maximum Gasteiger partial charge on any atom is 0.251 e. The van der Waals surface area contributed by atoms with E-state index in [0.29, 0.717) is 30.8 Å². The summed E-state index contributed by atoms with van der Waals surface area (Å²) in [7, 11) is -3.21. The minimum Gasteiger partial charge on any atom is -0.348 e. The highest BCUT2D eigenvalue weighted by Gasteiger charge is 2.28. The summed E-state index contributed by atoms with van der Waals surface area (Å²) in [5, 5.41) is 3.01. The Balaban J connectivity index is 1.38. The van der Waals surface area contributed by atoms with Crippen molar-refractivity contribution in [2.45, 2.75) is 38.8 Å². The molecule has 0 aliphatic carbocycles. The lowest BCUT2D eigenvalue weighted by Crippen LogP contribution is -2.30. The number of sulfonamides is 1. The van der Waals surface area contributed by atoms with Gasteiger partial charge in [0.15, 0.2) is 0 Å². The van der Waals surface area contributed by atoms with Crippen LogP contribution < -0.4 is 9.62 Å². The first-order valence-corrected chi connectivity index (χ1v) is 12.3. The maximum atomic E-state index is 12.6. The summed E-state index contributed by atoms with van der Waals surface area (Å²) in [5.41, 5.74) is 3.55. The number of benzene rings is 2. The lowest BCUT2D eigenvalue weighted by molar-refractivity contribution is 0.0950. The number of nitrogens with zero attached hydrogens (tertiary/aromatic N) is 2. The number of nitrogens with one attached hydrogen (secondary N) is 1. The molecule has 0 aromatic heterocycles. The molecule has 6 nitrogen and oxygen atoms in total. The van der Waals surface area contributed by atoms with Gasteiger partial charge >= 0.3 is 0 Å².